The quantitative estimate of drug-likeness (QED) is 0.196. The Kier molecular flexibility index (Phi) is 10.8. The zero-order chi connectivity index (χ0) is 13.6. The van der Waals surface area contributed by atoms with Crippen LogP contribution in [-0.4, -0.2) is 31.6 Å². The van der Waals surface area contributed by atoms with E-state index in [2.05, 4.69) is 10.7 Å². The van der Waals surface area contributed by atoms with E-state index in [-0.39, 0.29) is 13.0 Å². The molecule has 0 aromatic heterocycles. The second kappa shape index (κ2) is 11.9. The second-order valence-corrected chi connectivity index (χ2v) is 3.57. The molecule has 0 heterocycles. The summed E-state index contributed by atoms with van der Waals surface area (Å²) in [5.41, 5.74) is 0. The summed E-state index contributed by atoms with van der Waals surface area (Å²) in [7, 11) is 0. The van der Waals surface area contributed by atoms with Crippen molar-refractivity contribution in [2.24, 2.45) is 0 Å². The maximum absolute atomic E-state index is 11.2. The second-order valence-electron chi connectivity index (χ2n) is 3.57. The van der Waals surface area contributed by atoms with Crippen molar-refractivity contribution in [3.8, 4) is 12.3 Å². The fraction of sp³-hybridized carbons (Fsp3) is 0.571. The predicted octanol–water partition coefficient (Wildman–Crippen LogP) is 1.89. The van der Waals surface area contributed by atoms with Crippen LogP contribution in [0.3, 0.4) is 0 Å². The first-order valence-electron chi connectivity index (χ1n) is 6.08. The monoisotopic (exact) mass is 252 g/mol. The molecule has 0 unspecified atom stereocenters. The van der Waals surface area contributed by atoms with Crippen LogP contribution in [0.5, 0.6) is 0 Å². The van der Waals surface area contributed by atoms with E-state index in [1.54, 1.807) is 13.0 Å². The van der Waals surface area contributed by atoms with Crippen LogP contribution in [0, 0.1) is 12.3 Å². The highest BCUT2D eigenvalue weighted by Gasteiger charge is 2.11. The summed E-state index contributed by atoms with van der Waals surface area (Å²) in [5.74, 6) is 1.13. The Bertz CT molecular complexity index is 312. The van der Waals surface area contributed by atoms with Crippen molar-refractivity contribution >= 4 is 11.8 Å². The Labute approximate surface area is 108 Å². The normalized spacial score (nSPS) is 10.2. The van der Waals surface area contributed by atoms with Gasteiger partial charge in [-0.3, -0.25) is 4.79 Å². The van der Waals surface area contributed by atoms with Crippen LogP contribution in [0.2, 0.25) is 0 Å². The van der Waals surface area contributed by atoms with Crippen LogP contribution in [0.4, 0.5) is 0 Å². The summed E-state index contributed by atoms with van der Waals surface area (Å²) in [6.45, 7) is 2.90. The molecule has 100 valence electrons. The molecule has 0 aromatic rings. The zero-order valence-electron chi connectivity index (χ0n) is 10.8. The van der Waals surface area contributed by atoms with Crippen LogP contribution in [0.25, 0.3) is 0 Å². The molecule has 0 amide bonds. The molecule has 0 aromatic carbocycles. The number of terminal acetylenes is 1. The number of hydrogen-bond acceptors (Lipinski definition) is 4. The van der Waals surface area contributed by atoms with Gasteiger partial charge >= 0.3 is 5.97 Å². The Morgan fingerprint density at radius 2 is 2.06 bits per heavy atom. The van der Waals surface area contributed by atoms with E-state index in [9.17, 15) is 9.59 Å². The third-order valence-corrected chi connectivity index (χ3v) is 2.07. The number of allylic oxidation sites excluding steroid dienone is 2. The molecule has 0 aliphatic carbocycles. The van der Waals surface area contributed by atoms with E-state index in [0.717, 1.165) is 19.3 Å². The average molecular weight is 252 g/mol. The van der Waals surface area contributed by atoms with Gasteiger partial charge < -0.3 is 9.47 Å². The van der Waals surface area contributed by atoms with Gasteiger partial charge in [0.1, 0.15) is 6.61 Å². The van der Waals surface area contributed by atoms with Crippen LogP contribution >= 0.6 is 0 Å². The summed E-state index contributed by atoms with van der Waals surface area (Å²) in [6, 6.07) is 0. The summed E-state index contributed by atoms with van der Waals surface area (Å²) >= 11 is 0. The highest BCUT2D eigenvalue weighted by molar-refractivity contribution is 6.33. The van der Waals surface area contributed by atoms with E-state index >= 15 is 0 Å². The molecule has 18 heavy (non-hydrogen) atoms. The van der Waals surface area contributed by atoms with Crippen LogP contribution in [0.1, 0.15) is 32.6 Å². The number of unbranched alkanes of at least 4 members (excludes halogenated alkanes) is 2. The first-order valence-corrected chi connectivity index (χ1v) is 6.08. The number of ether oxygens (including phenoxy) is 2. The van der Waals surface area contributed by atoms with Crippen LogP contribution in [0.15, 0.2) is 12.2 Å². The van der Waals surface area contributed by atoms with Gasteiger partial charge in [0, 0.05) is 13.0 Å². The lowest BCUT2D eigenvalue weighted by Crippen LogP contribution is -2.16. The minimum atomic E-state index is -0.759. The third kappa shape index (κ3) is 9.61. The molecule has 0 saturated carbocycles. The first-order chi connectivity index (χ1) is 8.72. The molecule has 0 radical (unpaired) electrons. The van der Waals surface area contributed by atoms with Crippen molar-refractivity contribution in [1.29, 1.82) is 0 Å². The lowest BCUT2D eigenvalue weighted by Gasteiger charge is -1.98. The molecule has 0 aliphatic rings. The molecule has 0 bridgehead atoms. The van der Waals surface area contributed by atoms with E-state index in [1.165, 1.54) is 0 Å². The van der Waals surface area contributed by atoms with Crippen molar-refractivity contribution in [3.05, 3.63) is 12.2 Å². The third-order valence-electron chi connectivity index (χ3n) is 2.07. The highest BCUT2D eigenvalue weighted by Crippen LogP contribution is 1.99. The zero-order valence-corrected chi connectivity index (χ0v) is 10.8. The summed E-state index contributed by atoms with van der Waals surface area (Å²) in [5, 5.41) is 0. The smallest absolute Gasteiger partial charge is 0.374 e. The Morgan fingerprint density at radius 1 is 1.28 bits per heavy atom. The average Bonchev–Trinajstić information content (AvgIpc) is 2.36. The number of carbonyl (C=O) groups is 2. The van der Waals surface area contributed by atoms with Crippen molar-refractivity contribution in [1.82, 2.24) is 0 Å². The minimum absolute atomic E-state index is 0.104. The largest absolute Gasteiger partial charge is 0.460 e. The van der Waals surface area contributed by atoms with Gasteiger partial charge in [-0.25, -0.2) is 4.79 Å². The Morgan fingerprint density at radius 3 is 2.72 bits per heavy atom. The number of Topliss-reactive ketones (excluding diaryl/α,β-unsaturated/α-hetero) is 1. The fourth-order valence-corrected chi connectivity index (χ4v) is 1.20. The number of hydrogen-bond donors (Lipinski definition) is 0. The van der Waals surface area contributed by atoms with Gasteiger partial charge in [0.2, 0.25) is 5.78 Å². The molecule has 4 nitrogen and oxygen atoms in total. The van der Waals surface area contributed by atoms with Gasteiger partial charge in [-0.1, -0.05) is 18.1 Å². The van der Waals surface area contributed by atoms with Gasteiger partial charge in [0.15, 0.2) is 0 Å². The summed E-state index contributed by atoms with van der Waals surface area (Å²) in [6.07, 6.45) is 11.5. The van der Waals surface area contributed by atoms with Gasteiger partial charge in [-0.2, -0.15) is 0 Å². The first kappa shape index (κ1) is 16.4. The van der Waals surface area contributed by atoms with E-state index in [4.69, 9.17) is 11.2 Å². The SMILES string of the molecule is C#CCOCCCCC=CCC(=O)C(=O)OCC. The van der Waals surface area contributed by atoms with Crippen molar-refractivity contribution in [2.45, 2.75) is 32.6 Å². The Balaban J connectivity index is 3.46. The number of rotatable bonds is 10. The maximum atomic E-state index is 11.2. The van der Waals surface area contributed by atoms with Gasteiger partial charge in [0.25, 0.3) is 0 Å². The minimum Gasteiger partial charge on any atom is -0.460 e. The molecule has 0 atom stereocenters. The lowest BCUT2D eigenvalue weighted by atomic mass is 10.2. The van der Waals surface area contributed by atoms with Gasteiger partial charge in [0.05, 0.1) is 6.61 Å². The molecule has 0 fully saturated rings. The van der Waals surface area contributed by atoms with Crippen molar-refractivity contribution in [3.63, 3.8) is 0 Å². The van der Waals surface area contributed by atoms with Crippen molar-refractivity contribution < 1.29 is 19.1 Å². The number of ketones is 1. The lowest BCUT2D eigenvalue weighted by molar-refractivity contribution is -0.153. The molecule has 0 rings (SSSR count). The summed E-state index contributed by atoms with van der Waals surface area (Å²) in [4.78, 5) is 22.1. The molecule has 0 N–H and O–H groups in total. The van der Waals surface area contributed by atoms with Gasteiger partial charge in [-0.15, -0.1) is 6.42 Å². The van der Waals surface area contributed by atoms with Crippen LogP contribution < -0.4 is 0 Å². The van der Waals surface area contributed by atoms with Crippen molar-refractivity contribution in [2.75, 3.05) is 19.8 Å². The summed E-state index contributed by atoms with van der Waals surface area (Å²) < 4.78 is 9.69. The standard InChI is InChI=1S/C14H20O4/c1-3-11-17-12-9-7-5-6-8-10-13(15)14(16)18-4-2/h1,6,8H,4-5,7,9-12H2,2H3. The molecule has 0 aliphatic heterocycles. The number of esters is 1. The van der Waals surface area contributed by atoms with E-state index < -0.39 is 11.8 Å². The van der Waals surface area contributed by atoms with E-state index in [0.29, 0.717) is 13.2 Å². The van der Waals surface area contributed by atoms with Gasteiger partial charge in [-0.05, 0) is 26.2 Å². The topological polar surface area (TPSA) is 52.6 Å². The molecular formula is C14H20O4. The molecule has 4 heteroatoms. The Hall–Kier alpha value is -1.60. The molecule has 0 spiro atoms. The predicted molar refractivity (Wildman–Crippen MR) is 68.9 cm³/mol. The highest BCUT2D eigenvalue weighted by atomic mass is 16.5. The van der Waals surface area contributed by atoms with Crippen LogP contribution in [-0.2, 0) is 19.1 Å². The fourth-order valence-electron chi connectivity index (χ4n) is 1.20. The molecular weight excluding hydrogens is 232 g/mol. The molecule has 0 saturated heterocycles. The number of carbonyl (C=O) groups excluding carboxylic acids is 2. The van der Waals surface area contributed by atoms with E-state index in [1.807, 2.05) is 6.08 Å². The maximum Gasteiger partial charge on any atom is 0.374 e.